The first-order valence-corrected chi connectivity index (χ1v) is 26.1. The number of fused-ring (bicyclic) bond motifs is 8. The van der Waals surface area contributed by atoms with Crippen molar-refractivity contribution in [3.8, 4) is 16.1 Å². The molecule has 18 nitrogen and oxygen atoms in total. The molecule has 0 radical (unpaired) electrons. The van der Waals surface area contributed by atoms with Crippen molar-refractivity contribution in [1.82, 2.24) is 54.8 Å². The minimum Gasteiger partial charge on any atom is -0.480 e. The van der Waals surface area contributed by atoms with Crippen molar-refractivity contribution in [2.45, 2.75) is 83.8 Å². The molecule has 0 spiro atoms. The van der Waals surface area contributed by atoms with E-state index in [1.54, 1.807) is 46.1 Å². The maximum Gasteiger partial charge on any atom is 0.322 e. The van der Waals surface area contributed by atoms with Gasteiger partial charge in [0.25, 0.3) is 0 Å². The number of aliphatic carboxylic acids is 1. The van der Waals surface area contributed by atoms with E-state index in [1.807, 2.05) is 57.7 Å². The quantitative estimate of drug-likeness (QED) is 0.120. The van der Waals surface area contributed by atoms with Gasteiger partial charge in [0.15, 0.2) is 5.82 Å². The lowest BCUT2D eigenvalue weighted by molar-refractivity contribution is -0.152. The van der Waals surface area contributed by atoms with Gasteiger partial charge in [0.05, 0.1) is 47.5 Å². The summed E-state index contributed by atoms with van der Waals surface area (Å²) >= 11 is 8.00. The molecule has 4 aromatic heterocycles. The average molecular weight is 1040 g/mol. The third-order valence-electron chi connectivity index (χ3n) is 15.4. The van der Waals surface area contributed by atoms with Gasteiger partial charge in [-0.05, 0) is 100 Å². The molecule has 3 aromatic carbocycles. The molecule has 2 bridgehead atoms. The third kappa shape index (κ3) is 8.90. The van der Waals surface area contributed by atoms with Crippen LogP contribution < -0.4 is 10.6 Å². The molecular formula is C53H54ClFN12O6S. The van der Waals surface area contributed by atoms with Crippen LogP contribution in [0.25, 0.3) is 37.9 Å². The van der Waals surface area contributed by atoms with Gasteiger partial charge < -0.3 is 25.5 Å². The first kappa shape index (κ1) is 48.9. The van der Waals surface area contributed by atoms with Crippen LogP contribution in [0.1, 0.15) is 89.4 Å². The highest BCUT2D eigenvalue weighted by Crippen LogP contribution is 2.45. The number of aliphatic imine (C=N–C) groups is 1. The van der Waals surface area contributed by atoms with Crippen LogP contribution in [0.5, 0.6) is 0 Å². The number of halogens is 2. The van der Waals surface area contributed by atoms with Gasteiger partial charge in [-0.2, -0.15) is 10.2 Å². The lowest BCUT2D eigenvalue weighted by Gasteiger charge is -2.50. The summed E-state index contributed by atoms with van der Waals surface area (Å²) in [5.41, 5.74) is 6.67. The second kappa shape index (κ2) is 19.5. The lowest BCUT2D eigenvalue weighted by atomic mass is 9.71. The molecule has 3 N–H and O–H groups in total. The molecule has 1 aliphatic carbocycles. The van der Waals surface area contributed by atoms with E-state index in [2.05, 4.69) is 39.8 Å². The largest absolute Gasteiger partial charge is 0.480 e. The first-order valence-electron chi connectivity index (χ1n) is 24.9. The zero-order chi connectivity index (χ0) is 51.7. The summed E-state index contributed by atoms with van der Waals surface area (Å²) in [6.45, 7) is 6.28. The summed E-state index contributed by atoms with van der Waals surface area (Å²) in [6, 6.07) is 15.4. The fourth-order valence-electron chi connectivity index (χ4n) is 11.6. The highest BCUT2D eigenvalue weighted by molar-refractivity contribution is 7.15. The Morgan fingerprint density at radius 2 is 1.68 bits per heavy atom. The number of likely N-dealkylation sites (tertiary alicyclic amines) is 1. The number of hydrogen-bond acceptors (Lipinski definition) is 11. The van der Waals surface area contributed by atoms with Crippen molar-refractivity contribution in [2.75, 3.05) is 32.7 Å². The number of carboxylic acid groups (broad SMARTS) is 1. The number of carbonyl (C=O) groups is 5. The Balaban J connectivity index is 0.837. The van der Waals surface area contributed by atoms with Gasteiger partial charge in [0, 0.05) is 76.0 Å². The number of benzene rings is 3. The molecule has 12 rings (SSSR count). The number of rotatable bonds is 12. The van der Waals surface area contributed by atoms with E-state index in [-0.39, 0.29) is 48.6 Å². The van der Waals surface area contributed by atoms with Crippen molar-refractivity contribution in [1.29, 1.82) is 0 Å². The molecule has 3 saturated heterocycles. The first-order chi connectivity index (χ1) is 35.6. The Morgan fingerprint density at radius 1 is 0.905 bits per heavy atom. The number of nitrogens with one attached hydrogen (secondary N) is 2. The number of hydrogen-bond donors (Lipinski definition) is 3. The number of carbonyl (C=O) groups excluding carboxylic acids is 4. The summed E-state index contributed by atoms with van der Waals surface area (Å²) in [5.74, 6) is -1.92. The highest BCUT2D eigenvalue weighted by atomic mass is 35.5. The molecule has 4 atom stereocenters. The second-order valence-electron chi connectivity index (χ2n) is 20.0. The van der Waals surface area contributed by atoms with Crippen molar-refractivity contribution in [2.24, 2.45) is 23.9 Å². The van der Waals surface area contributed by atoms with Crippen LogP contribution in [-0.2, 0) is 37.6 Å². The molecule has 3 unspecified atom stereocenters. The van der Waals surface area contributed by atoms with Crippen LogP contribution >= 0.6 is 22.9 Å². The van der Waals surface area contributed by atoms with Crippen molar-refractivity contribution >= 4 is 80.1 Å². The second-order valence-corrected chi connectivity index (χ2v) is 21.6. The van der Waals surface area contributed by atoms with Gasteiger partial charge >= 0.3 is 5.97 Å². The summed E-state index contributed by atoms with van der Waals surface area (Å²) in [4.78, 5) is 76.5. The minimum atomic E-state index is -1.21. The topological polar surface area (TPSA) is 215 Å². The standard InChI is InChI=1S/C53H54ClFN12O6S/c1-27-28(2)74-53-47(27)49(31-9-11-34(54)12-10-31)59-39(51-61-60-29(3)67(51)53)21-45(70)65-25-30-8-13-40(65)37(18-30)52(73)64-16-14-32(15-17-64)50-48-35(36-20-42-33(19-38(36)55)22-58-63(42)4)6-5-7-41(48)66(62-50)26-44(69)56-23-43(68)57-24-46(71)72/h5-7,9-12,19-20,22,30,32,37,39-40H,8,13-18,21,23-26H2,1-4H3,(H,56,69)(H,57,68)(H,71,72)/t30?,37?,39-,40?/m0/s1. The number of nitrogens with zero attached hydrogens (tertiary/aromatic N) is 10. The van der Waals surface area contributed by atoms with Crippen molar-refractivity contribution < 1.29 is 33.5 Å². The number of aryl methyl sites for hydroxylation is 3. The lowest BCUT2D eigenvalue weighted by Crippen LogP contribution is -2.59. The van der Waals surface area contributed by atoms with E-state index >= 15 is 4.39 Å². The van der Waals surface area contributed by atoms with Crippen LogP contribution in [0, 0.1) is 38.4 Å². The SMILES string of the molecule is Cc1sc2c(c1C)C(c1ccc(Cl)cc1)=N[C@@H](CC(=O)N1CC3CCC1C(C(=O)N1CCC(c4nn(CC(=O)NCC(=O)NCC(=O)O)c5cccc(-c6cc7c(cnn7C)cc6F)c45)CC1)C3)c1nnc(C)n1-2. The predicted octanol–water partition coefficient (Wildman–Crippen LogP) is 6.58. The molecule has 1 saturated carbocycles. The van der Waals surface area contributed by atoms with E-state index < -0.39 is 42.7 Å². The predicted molar refractivity (Wildman–Crippen MR) is 276 cm³/mol. The Bertz CT molecular complexity index is 3460. The summed E-state index contributed by atoms with van der Waals surface area (Å²) in [5, 5.41) is 35.1. The van der Waals surface area contributed by atoms with Gasteiger partial charge in [-0.25, -0.2) is 4.39 Å². The monoisotopic (exact) mass is 1040 g/mol. The Kier molecular flexibility index (Phi) is 12.9. The van der Waals surface area contributed by atoms with Crippen molar-refractivity contribution in [3.05, 3.63) is 111 Å². The van der Waals surface area contributed by atoms with E-state index in [1.165, 1.54) is 6.07 Å². The number of carboxylic acids is 1. The molecule has 8 heterocycles. The zero-order valence-corrected chi connectivity index (χ0v) is 42.8. The molecule has 5 aliphatic rings. The zero-order valence-electron chi connectivity index (χ0n) is 41.3. The van der Waals surface area contributed by atoms with Crippen LogP contribution in [-0.4, -0.2) is 123 Å². The van der Waals surface area contributed by atoms with Crippen LogP contribution in [0.2, 0.25) is 5.02 Å². The van der Waals surface area contributed by atoms with Crippen LogP contribution in [0.15, 0.2) is 65.8 Å². The third-order valence-corrected chi connectivity index (χ3v) is 16.9. The Labute approximate surface area is 433 Å². The normalized spacial score (nSPS) is 19.6. The maximum absolute atomic E-state index is 16.1. The molecule has 21 heteroatoms. The maximum atomic E-state index is 16.1. The van der Waals surface area contributed by atoms with Crippen LogP contribution in [0.4, 0.5) is 4.39 Å². The summed E-state index contributed by atoms with van der Waals surface area (Å²) in [6.07, 6.45) is 5.14. The average Bonchev–Trinajstić information content (AvgIpc) is 4.13. The van der Waals surface area contributed by atoms with Gasteiger partial charge in [-0.15, -0.1) is 21.5 Å². The van der Waals surface area contributed by atoms with E-state index in [9.17, 15) is 24.0 Å². The van der Waals surface area contributed by atoms with E-state index in [0.29, 0.717) is 88.7 Å². The number of piperidine rings is 3. The molecule has 74 heavy (non-hydrogen) atoms. The molecule has 4 fully saturated rings. The van der Waals surface area contributed by atoms with Gasteiger partial charge in [0.1, 0.15) is 35.8 Å². The molecule has 4 amide bonds. The van der Waals surface area contributed by atoms with E-state index in [0.717, 1.165) is 50.6 Å². The Hall–Kier alpha value is -7.32. The molecular weight excluding hydrogens is 987 g/mol. The smallest absolute Gasteiger partial charge is 0.322 e. The van der Waals surface area contributed by atoms with E-state index in [4.69, 9.17) is 26.8 Å². The molecule has 7 aromatic rings. The number of amides is 4. The Morgan fingerprint density at radius 3 is 2.43 bits per heavy atom. The summed E-state index contributed by atoms with van der Waals surface area (Å²) < 4.78 is 21.4. The van der Waals surface area contributed by atoms with Gasteiger partial charge in [-0.1, -0.05) is 35.9 Å². The number of thiophene rings is 1. The number of aromatic nitrogens is 7. The summed E-state index contributed by atoms with van der Waals surface area (Å²) in [7, 11) is 1.79. The van der Waals surface area contributed by atoms with Gasteiger partial charge in [-0.3, -0.25) is 42.9 Å². The highest BCUT2D eigenvalue weighted by Gasteiger charge is 2.48. The fraction of sp³-hybridized carbons (Fsp3) is 0.396. The molecule has 382 valence electrons. The molecule has 4 aliphatic heterocycles. The fourth-order valence-corrected chi connectivity index (χ4v) is 13.0. The van der Waals surface area contributed by atoms with Crippen LogP contribution in [0.3, 0.4) is 0 Å². The van der Waals surface area contributed by atoms with Crippen molar-refractivity contribution in [3.63, 3.8) is 0 Å². The minimum absolute atomic E-state index is 0.0329. The van der Waals surface area contributed by atoms with Gasteiger partial charge in [0.2, 0.25) is 23.6 Å².